The Balaban J connectivity index is 1.70. The number of hydrogen-bond donors (Lipinski definition) is 2. The maximum atomic E-state index is 12.0. The molecule has 1 amide bonds. The van der Waals surface area contributed by atoms with Crippen LogP contribution < -0.4 is 10.6 Å². The van der Waals surface area contributed by atoms with Gasteiger partial charge in [-0.1, -0.05) is 0 Å². The summed E-state index contributed by atoms with van der Waals surface area (Å²) in [5.41, 5.74) is 1.23. The second-order valence-electron chi connectivity index (χ2n) is 5.73. The Morgan fingerprint density at radius 2 is 2.19 bits per heavy atom. The summed E-state index contributed by atoms with van der Waals surface area (Å²) in [4.78, 5) is 14.6. The Morgan fingerprint density at radius 3 is 2.81 bits per heavy atom. The van der Waals surface area contributed by atoms with Crippen molar-refractivity contribution in [2.24, 2.45) is 0 Å². The molecule has 118 valence electrons. The zero-order valence-corrected chi connectivity index (χ0v) is 14.0. The third-order valence-electron chi connectivity index (χ3n) is 3.89. The highest BCUT2D eigenvalue weighted by Crippen LogP contribution is 2.26. The second-order valence-corrected chi connectivity index (χ2v) is 7.19. The van der Waals surface area contributed by atoms with Gasteiger partial charge < -0.3 is 15.4 Å². The predicted molar refractivity (Wildman–Crippen MR) is 86.8 cm³/mol. The number of thiophene rings is 1. The number of aryl methyl sites for hydroxylation is 2. The van der Waals surface area contributed by atoms with E-state index in [1.807, 2.05) is 6.92 Å². The standard InChI is InChI=1S/C16H26N2O2S/c1-11-10-15(13(3)21-11)12(2)18-16(19)6-9-20-14-4-7-17-8-5-14/h10,12,14,17H,4-9H2,1-3H3,(H,18,19). The first-order valence-electron chi connectivity index (χ1n) is 7.75. The van der Waals surface area contributed by atoms with Crippen LogP contribution in [0.1, 0.15) is 47.5 Å². The molecule has 1 unspecified atom stereocenters. The van der Waals surface area contributed by atoms with Gasteiger partial charge in [-0.15, -0.1) is 11.3 Å². The van der Waals surface area contributed by atoms with E-state index in [-0.39, 0.29) is 11.9 Å². The molecule has 1 aliphatic rings. The molecular formula is C16H26N2O2S. The van der Waals surface area contributed by atoms with E-state index >= 15 is 0 Å². The summed E-state index contributed by atoms with van der Waals surface area (Å²) in [6.07, 6.45) is 2.85. The third-order valence-corrected chi connectivity index (χ3v) is 4.87. The van der Waals surface area contributed by atoms with Gasteiger partial charge in [-0.3, -0.25) is 4.79 Å². The number of rotatable bonds is 6. The third kappa shape index (κ3) is 5.09. The van der Waals surface area contributed by atoms with Gasteiger partial charge in [-0.2, -0.15) is 0 Å². The molecule has 0 aromatic carbocycles. The molecule has 1 atom stereocenters. The Morgan fingerprint density at radius 1 is 1.48 bits per heavy atom. The lowest BCUT2D eigenvalue weighted by Crippen LogP contribution is -2.33. The highest BCUT2D eigenvalue weighted by atomic mass is 32.1. The van der Waals surface area contributed by atoms with E-state index in [2.05, 4.69) is 30.5 Å². The quantitative estimate of drug-likeness (QED) is 0.849. The predicted octanol–water partition coefficient (Wildman–Crippen LogP) is 2.70. The van der Waals surface area contributed by atoms with Gasteiger partial charge in [0, 0.05) is 16.2 Å². The van der Waals surface area contributed by atoms with Crippen molar-refractivity contribution < 1.29 is 9.53 Å². The maximum absolute atomic E-state index is 12.0. The number of carbonyl (C=O) groups excluding carboxylic acids is 1. The number of carbonyl (C=O) groups is 1. The first-order chi connectivity index (χ1) is 10.1. The maximum Gasteiger partial charge on any atom is 0.222 e. The van der Waals surface area contributed by atoms with Crippen molar-refractivity contribution in [3.8, 4) is 0 Å². The average Bonchev–Trinajstić information content (AvgIpc) is 2.79. The van der Waals surface area contributed by atoms with Crippen LogP contribution in [0.25, 0.3) is 0 Å². The van der Waals surface area contributed by atoms with Crippen LogP contribution in [0.2, 0.25) is 0 Å². The Labute approximate surface area is 131 Å². The van der Waals surface area contributed by atoms with Crippen LogP contribution in [0.5, 0.6) is 0 Å². The van der Waals surface area contributed by atoms with Crippen LogP contribution in [-0.2, 0) is 9.53 Å². The monoisotopic (exact) mass is 310 g/mol. The van der Waals surface area contributed by atoms with Crippen LogP contribution in [0, 0.1) is 13.8 Å². The summed E-state index contributed by atoms with van der Waals surface area (Å²) in [5.74, 6) is 0.0692. The average molecular weight is 310 g/mol. The Bertz CT molecular complexity index is 467. The minimum absolute atomic E-state index is 0.0692. The molecule has 4 nitrogen and oxygen atoms in total. The molecule has 0 bridgehead atoms. The second kappa shape index (κ2) is 7.92. The molecule has 1 aromatic rings. The summed E-state index contributed by atoms with van der Waals surface area (Å²) in [6.45, 7) is 8.80. The minimum atomic E-state index is 0.0692. The fourth-order valence-electron chi connectivity index (χ4n) is 2.75. The van der Waals surface area contributed by atoms with E-state index in [1.165, 1.54) is 15.3 Å². The summed E-state index contributed by atoms with van der Waals surface area (Å²) < 4.78 is 5.77. The lowest BCUT2D eigenvalue weighted by Gasteiger charge is -2.23. The van der Waals surface area contributed by atoms with Gasteiger partial charge in [0.15, 0.2) is 0 Å². The highest BCUT2D eigenvalue weighted by molar-refractivity contribution is 7.12. The molecular weight excluding hydrogens is 284 g/mol. The fourth-order valence-corrected chi connectivity index (χ4v) is 3.77. The topological polar surface area (TPSA) is 50.4 Å². The van der Waals surface area contributed by atoms with Crippen LogP contribution in [0.3, 0.4) is 0 Å². The lowest BCUT2D eigenvalue weighted by molar-refractivity contribution is -0.123. The van der Waals surface area contributed by atoms with Crippen molar-refractivity contribution in [3.63, 3.8) is 0 Å². The molecule has 0 spiro atoms. The van der Waals surface area contributed by atoms with Crippen LogP contribution >= 0.6 is 11.3 Å². The number of piperidine rings is 1. The van der Waals surface area contributed by atoms with Gasteiger partial charge in [0.25, 0.3) is 0 Å². The smallest absolute Gasteiger partial charge is 0.222 e. The summed E-state index contributed by atoms with van der Waals surface area (Å²) >= 11 is 1.78. The number of ether oxygens (including phenoxy) is 1. The van der Waals surface area contributed by atoms with E-state index in [0.717, 1.165) is 25.9 Å². The first kappa shape index (κ1) is 16.5. The first-order valence-corrected chi connectivity index (χ1v) is 8.56. The molecule has 2 N–H and O–H groups in total. The summed E-state index contributed by atoms with van der Waals surface area (Å²) in [7, 11) is 0. The van der Waals surface area contributed by atoms with Crippen molar-refractivity contribution in [2.75, 3.05) is 19.7 Å². The van der Waals surface area contributed by atoms with Crippen molar-refractivity contribution in [2.45, 2.75) is 52.2 Å². The van der Waals surface area contributed by atoms with Crippen molar-refractivity contribution in [3.05, 3.63) is 21.4 Å². The molecule has 1 aromatic heterocycles. The van der Waals surface area contributed by atoms with Gasteiger partial charge >= 0.3 is 0 Å². The molecule has 1 saturated heterocycles. The molecule has 1 aliphatic heterocycles. The Hall–Kier alpha value is -0.910. The molecule has 21 heavy (non-hydrogen) atoms. The van der Waals surface area contributed by atoms with Crippen molar-refractivity contribution in [1.29, 1.82) is 0 Å². The van der Waals surface area contributed by atoms with Gasteiger partial charge in [-0.05, 0) is 58.3 Å². The molecule has 0 radical (unpaired) electrons. The van der Waals surface area contributed by atoms with Crippen molar-refractivity contribution >= 4 is 17.2 Å². The summed E-state index contributed by atoms with van der Waals surface area (Å²) in [5, 5.41) is 6.37. The van der Waals surface area contributed by atoms with Crippen LogP contribution in [-0.4, -0.2) is 31.7 Å². The number of hydrogen-bond acceptors (Lipinski definition) is 4. The zero-order valence-electron chi connectivity index (χ0n) is 13.2. The summed E-state index contributed by atoms with van der Waals surface area (Å²) in [6, 6.07) is 2.23. The fraction of sp³-hybridized carbons (Fsp3) is 0.688. The van der Waals surface area contributed by atoms with E-state index in [0.29, 0.717) is 19.1 Å². The lowest BCUT2D eigenvalue weighted by atomic mass is 10.1. The van der Waals surface area contributed by atoms with E-state index < -0.39 is 0 Å². The zero-order chi connectivity index (χ0) is 15.2. The number of amides is 1. The van der Waals surface area contributed by atoms with Crippen molar-refractivity contribution in [1.82, 2.24) is 10.6 Å². The van der Waals surface area contributed by atoms with Crippen LogP contribution in [0.15, 0.2) is 6.07 Å². The van der Waals surface area contributed by atoms with Gasteiger partial charge in [-0.25, -0.2) is 0 Å². The molecule has 2 heterocycles. The van der Waals surface area contributed by atoms with E-state index in [1.54, 1.807) is 11.3 Å². The minimum Gasteiger partial charge on any atom is -0.378 e. The molecule has 0 aliphatic carbocycles. The Kier molecular flexibility index (Phi) is 6.21. The molecule has 0 saturated carbocycles. The van der Waals surface area contributed by atoms with Gasteiger partial charge in [0.05, 0.1) is 18.8 Å². The van der Waals surface area contributed by atoms with Crippen LogP contribution in [0.4, 0.5) is 0 Å². The number of nitrogens with one attached hydrogen (secondary N) is 2. The highest BCUT2D eigenvalue weighted by Gasteiger charge is 2.16. The molecule has 5 heteroatoms. The van der Waals surface area contributed by atoms with Gasteiger partial charge in [0.1, 0.15) is 0 Å². The normalized spacial score (nSPS) is 17.7. The largest absolute Gasteiger partial charge is 0.378 e. The van der Waals surface area contributed by atoms with E-state index in [9.17, 15) is 4.79 Å². The van der Waals surface area contributed by atoms with Gasteiger partial charge in [0.2, 0.25) is 5.91 Å². The molecule has 1 fully saturated rings. The SMILES string of the molecule is Cc1cc(C(C)NC(=O)CCOC2CCNCC2)c(C)s1. The molecule has 2 rings (SSSR count). The van der Waals surface area contributed by atoms with E-state index in [4.69, 9.17) is 4.74 Å².